The molecule has 0 saturated heterocycles. The molecule has 0 aliphatic carbocycles. The van der Waals surface area contributed by atoms with Gasteiger partial charge in [0.25, 0.3) is 0 Å². The van der Waals surface area contributed by atoms with E-state index in [1.165, 1.54) is 5.57 Å². The fraction of sp³-hybridized carbons (Fsp3) is 0.333. The first kappa shape index (κ1) is 10.5. The maximum Gasteiger partial charge on any atom is 0.134 e. The van der Waals surface area contributed by atoms with E-state index in [0.717, 1.165) is 25.1 Å². The van der Waals surface area contributed by atoms with Gasteiger partial charge in [-0.3, -0.25) is 0 Å². The average Bonchev–Trinajstić information content (AvgIpc) is 2.23. The molecule has 0 fully saturated rings. The highest BCUT2D eigenvalue weighted by Crippen LogP contribution is 2.29. The Labute approximate surface area is 94.8 Å². The molecule has 1 aromatic carbocycles. The van der Waals surface area contributed by atoms with Crippen LogP contribution >= 0.6 is 11.6 Å². The van der Waals surface area contributed by atoms with Gasteiger partial charge < -0.3 is 10.0 Å². The molecule has 1 heterocycles. The molecule has 0 unspecified atom stereocenters. The van der Waals surface area contributed by atoms with E-state index in [1.807, 2.05) is 12.1 Å². The molecular formula is C12H14ClNO. The number of phenolic OH excluding ortho intramolecular Hbond substituents is 1. The molecule has 0 bridgehead atoms. The molecule has 1 N–H and O–H groups in total. The number of likely N-dealkylation sites (N-methyl/N-ethyl adjacent to an activating group) is 1. The molecule has 1 aromatic rings. The molecular weight excluding hydrogens is 210 g/mol. The van der Waals surface area contributed by atoms with Crippen molar-refractivity contribution in [2.24, 2.45) is 0 Å². The van der Waals surface area contributed by atoms with Crippen LogP contribution in [0.25, 0.3) is 5.57 Å². The first-order chi connectivity index (χ1) is 7.16. The Kier molecular flexibility index (Phi) is 2.98. The maximum absolute atomic E-state index is 9.32. The van der Waals surface area contributed by atoms with Crippen LogP contribution in [-0.4, -0.2) is 30.1 Å². The zero-order valence-electron chi connectivity index (χ0n) is 8.70. The van der Waals surface area contributed by atoms with Gasteiger partial charge in [-0.05, 0) is 36.7 Å². The van der Waals surface area contributed by atoms with Crippen molar-refractivity contribution in [3.8, 4) is 5.75 Å². The van der Waals surface area contributed by atoms with Crippen LogP contribution in [0.2, 0.25) is 5.02 Å². The summed E-state index contributed by atoms with van der Waals surface area (Å²) in [5, 5.41) is 9.75. The molecule has 15 heavy (non-hydrogen) atoms. The molecule has 0 atom stereocenters. The fourth-order valence-electron chi connectivity index (χ4n) is 1.74. The molecule has 0 saturated carbocycles. The Morgan fingerprint density at radius 2 is 2.20 bits per heavy atom. The normalized spacial score (nSPS) is 17.6. The maximum atomic E-state index is 9.32. The van der Waals surface area contributed by atoms with Crippen LogP contribution < -0.4 is 0 Å². The highest BCUT2D eigenvalue weighted by Gasteiger charge is 2.10. The third-order valence-electron chi connectivity index (χ3n) is 2.73. The van der Waals surface area contributed by atoms with Crippen molar-refractivity contribution in [2.45, 2.75) is 6.42 Å². The number of hydrogen-bond donors (Lipinski definition) is 1. The van der Waals surface area contributed by atoms with Crippen LogP contribution in [0.15, 0.2) is 24.3 Å². The highest BCUT2D eigenvalue weighted by atomic mass is 35.5. The van der Waals surface area contributed by atoms with E-state index in [4.69, 9.17) is 11.6 Å². The van der Waals surface area contributed by atoms with Gasteiger partial charge in [-0.15, -0.1) is 0 Å². The molecule has 0 spiro atoms. The first-order valence-electron chi connectivity index (χ1n) is 5.03. The third kappa shape index (κ3) is 2.33. The standard InChI is InChI=1S/C12H14ClNO/c1-14-6-4-9(5-7-14)10-2-3-12(15)11(13)8-10/h2-4,8,15H,5-7H2,1H3. The van der Waals surface area contributed by atoms with Gasteiger partial charge >= 0.3 is 0 Å². The van der Waals surface area contributed by atoms with Crippen LogP contribution in [0.1, 0.15) is 12.0 Å². The van der Waals surface area contributed by atoms with Crippen LogP contribution in [-0.2, 0) is 0 Å². The van der Waals surface area contributed by atoms with Crippen molar-refractivity contribution in [1.29, 1.82) is 0 Å². The quantitative estimate of drug-likeness (QED) is 0.792. The molecule has 2 nitrogen and oxygen atoms in total. The molecule has 1 aliphatic heterocycles. The van der Waals surface area contributed by atoms with Gasteiger partial charge in [-0.2, -0.15) is 0 Å². The SMILES string of the molecule is CN1CC=C(c2ccc(O)c(Cl)c2)CC1. The van der Waals surface area contributed by atoms with Crippen LogP contribution in [0.5, 0.6) is 5.75 Å². The summed E-state index contributed by atoms with van der Waals surface area (Å²) in [4.78, 5) is 2.27. The number of hydrogen-bond acceptors (Lipinski definition) is 2. The van der Waals surface area contributed by atoms with Gasteiger partial charge in [0.05, 0.1) is 5.02 Å². The number of aromatic hydroxyl groups is 1. The summed E-state index contributed by atoms with van der Waals surface area (Å²) in [6.45, 7) is 2.05. The second kappa shape index (κ2) is 4.25. The largest absolute Gasteiger partial charge is 0.506 e. The number of halogens is 1. The Hall–Kier alpha value is -0.990. The lowest BCUT2D eigenvalue weighted by atomic mass is 10.00. The second-order valence-corrected chi connectivity index (χ2v) is 4.31. The lowest BCUT2D eigenvalue weighted by Gasteiger charge is -2.22. The summed E-state index contributed by atoms with van der Waals surface area (Å²) in [5.41, 5.74) is 2.43. The summed E-state index contributed by atoms with van der Waals surface area (Å²) in [7, 11) is 2.11. The topological polar surface area (TPSA) is 23.5 Å². The van der Waals surface area contributed by atoms with E-state index in [1.54, 1.807) is 6.07 Å². The van der Waals surface area contributed by atoms with Gasteiger partial charge in [0.15, 0.2) is 0 Å². The first-order valence-corrected chi connectivity index (χ1v) is 5.41. The number of benzene rings is 1. The minimum atomic E-state index is 0.147. The third-order valence-corrected chi connectivity index (χ3v) is 3.03. The van der Waals surface area contributed by atoms with E-state index in [9.17, 15) is 5.11 Å². The zero-order chi connectivity index (χ0) is 10.8. The summed E-state index contributed by atoms with van der Waals surface area (Å²) in [6, 6.07) is 5.39. The van der Waals surface area contributed by atoms with Crippen LogP contribution in [0, 0.1) is 0 Å². The molecule has 1 aliphatic rings. The highest BCUT2D eigenvalue weighted by molar-refractivity contribution is 6.32. The van der Waals surface area contributed by atoms with Crippen molar-refractivity contribution in [3.05, 3.63) is 34.9 Å². The minimum absolute atomic E-state index is 0.147. The summed E-state index contributed by atoms with van der Waals surface area (Å²) >= 11 is 5.87. The molecule has 0 radical (unpaired) electrons. The minimum Gasteiger partial charge on any atom is -0.506 e. The van der Waals surface area contributed by atoms with Gasteiger partial charge in [0.2, 0.25) is 0 Å². The van der Waals surface area contributed by atoms with E-state index >= 15 is 0 Å². The van der Waals surface area contributed by atoms with Crippen molar-refractivity contribution >= 4 is 17.2 Å². The number of phenols is 1. The molecule has 2 rings (SSSR count). The number of nitrogens with zero attached hydrogens (tertiary/aromatic N) is 1. The van der Waals surface area contributed by atoms with Gasteiger partial charge in [-0.1, -0.05) is 23.7 Å². The zero-order valence-corrected chi connectivity index (χ0v) is 9.46. The van der Waals surface area contributed by atoms with E-state index in [2.05, 4.69) is 18.0 Å². The number of rotatable bonds is 1. The Morgan fingerprint density at radius 1 is 1.40 bits per heavy atom. The average molecular weight is 224 g/mol. The second-order valence-electron chi connectivity index (χ2n) is 3.91. The van der Waals surface area contributed by atoms with Crippen molar-refractivity contribution in [2.75, 3.05) is 20.1 Å². The fourth-order valence-corrected chi connectivity index (χ4v) is 1.92. The van der Waals surface area contributed by atoms with Crippen LogP contribution in [0.3, 0.4) is 0 Å². The van der Waals surface area contributed by atoms with Crippen molar-refractivity contribution in [1.82, 2.24) is 4.90 Å². The van der Waals surface area contributed by atoms with E-state index < -0.39 is 0 Å². The predicted molar refractivity (Wildman–Crippen MR) is 63.2 cm³/mol. The smallest absolute Gasteiger partial charge is 0.134 e. The molecule has 0 amide bonds. The Balaban J connectivity index is 2.26. The monoisotopic (exact) mass is 223 g/mol. The Bertz CT molecular complexity index is 401. The molecule has 3 heteroatoms. The predicted octanol–water partition coefficient (Wildman–Crippen LogP) is 2.76. The lowest BCUT2D eigenvalue weighted by molar-refractivity contribution is 0.370. The Morgan fingerprint density at radius 3 is 2.80 bits per heavy atom. The van der Waals surface area contributed by atoms with Gasteiger partial charge in [0.1, 0.15) is 5.75 Å². The van der Waals surface area contributed by atoms with Crippen molar-refractivity contribution in [3.63, 3.8) is 0 Å². The summed E-state index contributed by atoms with van der Waals surface area (Å²) in [6.07, 6.45) is 3.25. The summed E-state index contributed by atoms with van der Waals surface area (Å²) in [5.74, 6) is 0.147. The molecule has 80 valence electrons. The lowest BCUT2D eigenvalue weighted by Crippen LogP contribution is -2.23. The van der Waals surface area contributed by atoms with E-state index in [0.29, 0.717) is 5.02 Å². The molecule has 0 aromatic heterocycles. The van der Waals surface area contributed by atoms with Crippen LogP contribution in [0.4, 0.5) is 0 Å². The summed E-state index contributed by atoms with van der Waals surface area (Å²) < 4.78 is 0. The van der Waals surface area contributed by atoms with Gasteiger partial charge in [0, 0.05) is 13.1 Å². The van der Waals surface area contributed by atoms with Crippen molar-refractivity contribution < 1.29 is 5.11 Å². The van der Waals surface area contributed by atoms with Gasteiger partial charge in [-0.25, -0.2) is 0 Å². The van der Waals surface area contributed by atoms with E-state index in [-0.39, 0.29) is 5.75 Å².